The molecule has 0 saturated heterocycles. The van der Waals surface area contributed by atoms with Gasteiger partial charge in [-0.15, -0.1) is 0 Å². The molecule has 2 nitrogen and oxygen atoms in total. The van der Waals surface area contributed by atoms with E-state index < -0.39 is 5.97 Å². The number of rotatable bonds is 0. The number of halogens is 3. The van der Waals surface area contributed by atoms with Crippen LogP contribution in [0.2, 0.25) is 0 Å². The van der Waals surface area contributed by atoms with Gasteiger partial charge in [0.25, 0.3) is 5.97 Å². The van der Waals surface area contributed by atoms with Gasteiger partial charge < -0.3 is 6.53 Å². The Kier molecular flexibility index (Phi) is 324. The maximum absolute atomic E-state index is 9.00. The van der Waals surface area contributed by atoms with E-state index in [0.717, 1.165) is 6.92 Å². The molecule has 0 aliphatic carbocycles. The average Bonchev–Trinajstić information content (AvgIpc) is 0.811. The van der Waals surface area contributed by atoms with Gasteiger partial charge in [-0.3, -0.25) is 18.9 Å². The van der Waals surface area contributed by atoms with Crippen LogP contribution in [-0.4, -0.2) is 19.5 Å². The molecule has 0 heterocycles. The smallest absolute Gasteiger partial charge is 1.00 e. The van der Waals surface area contributed by atoms with Gasteiger partial charge >= 0.3 is 18.9 Å². The number of carbonyl (C=O) groups is 1. The number of carboxylic acids is 1. The van der Waals surface area contributed by atoms with Crippen LogP contribution in [0.4, 0.5) is 14.1 Å². The number of hydrogen-bond donors (Lipinski definition) is 1. The van der Waals surface area contributed by atoms with Crippen molar-refractivity contribution < 1.29 is 44.3 Å². The van der Waals surface area contributed by atoms with Gasteiger partial charge in [-0.2, -0.15) is 0 Å². The average molecular weight is 139 g/mol. The summed E-state index contributed by atoms with van der Waals surface area (Å²) in [5.41, 5.74) is 0. The number of aliphatic carboxylic acids is 1. The fourth-order valence-electron chi connectivity index (χ4n) is 0. The fourth-order valence-corrected chi connectivity index (χ4v) is 0. The van der Waals surface area contributed by atoms with Gasteiger partial charge in [0.05, 0.1) is 0 Å². The molecule has 0 spiro atoms. The van der Waals surface area contributed by atoms with Crippen LogP contribution in [0.3, 0.4) is 0 Å². The summed E-state index contributed by atoms with van der Waals surface area (Å²) >= 11 is 0. The fraction of sp³-hybridized carbons (Fsp3) is 0.500. The van der Waals surface area contributed by atoms with E-state index >= 15 is 0 Å². The molecule has 53 valence electrons. The Labute approximate surface area is 66.4 Å². The van der Waals surface area contributed by atoms with E-state index in [1.807, 2.05) is 0 Å². The quantitative estimate of drug-likeness (QED) is 0.370. The zero-order valence-corrected chi connectivity index (χ0v) is 5.16. The van der Waals surface area contributed by atoms with Crippen molar-refractivity contribution in [3.05, 3.63) is 0 Å². The summed E-state index contributed by atoms with van der Waals surface area (Å²) in [6.45, 7) is 1.08. The second-order valence-corrected chi connectivity index (χ2v) is 0.519. The minimum absolute atomic E-state index is 0. The monoisotopic (exact) mass is 139 g/mol. The Morgan fingerprint density at radius 1 is 1.33 bits per heavy atom. The second kappa shape index (κ2) is 44.5. The minimum Gasteiger partial charge on any atom is -1.00 e. The summed E-state index contributed by atoms with van der Waals surface area (Å²) in [5.74, 6) is -0.833. The van der Waals surface area contributed by atoms with E-state index in [9.17, 15) is 0 Å². The zero-order chi connectivity index (χ0) is 3.58. The molecule has 0 aliphatic rings. The summed E-state index contributed by atoms with van der Waals surface area (Å²) in [7, 11) is 0. The van der Waals surface area contributed by atoms with Gasteiger partial charge in [-0.25, -0.2) is 0 Å². The molecule has 0 bridgehead atoms. The molecule has 0 amide bonds. The molecule has 0 unspecified atom stereocenters. The maximum Gasteiger partial charge on any atom is 1.00 e. The molecular formula is C2H8BF3LiO2. The molecule has 0 fully saturated rings. The predicted molar refractivity (Wildman–Crippen MR) is 27.7 cm³/mol. The third kappa shape index (κ3) is 46100. The van der Waals surface area contributed by atoms with E-state index in [1.54, 1.807) is 0 Å². The molecule has 0 aliphatic heterocycles. The van der Waals surface area contributed by atoms with E-state index in [2.05, 4.69) is 0 Å². The molecule has 7 heteroatoms. The molecule has 0 atom stereocenters. The van der Waals surface area contributed by atoms with Crippen molar-refractivity contribution >= 4 is 14.4 Å². The Morgan fingerprint density at radius 3 is 1.33 bits per heavy atom. The Hall–Kier alpha value is -0.0777. The van der Waals surface area contributed by atoms with E-state index in [1.165, 1.54) is 0 Å². The zero-order valence-electron chi connectivity index (χ0n) is 6.16. The third-order valence-corrected chi connectivity index (χ3v) is 0. The van der Waals surface area contributed by atoms with Gasteiger partial charge in [0.15, 0.2) is 0 Å². The normalized spacial score (nSPS) is 2.78. The largest absolute Gasteiger partial charge is 1.00 e. The standard InChI is InChI=1S/C2H4O2.B.3FH.Li.H/c1-2(3)4;;;;;;/h1H3,(H,3,4);;3*1H;;/q;;;;;+1;-1. The maximum atomic E-state index is 9.00. The van der Waals surface area contributed by atoms with Crippen molar-refractivity contribution in [2.24, 2.45) is 0 Å². The minimum atomic E-state index is -0.833. The van der Waals surface area contributed by atoms with Crippen molar-refractivity contribution in [3.63, 3.8) is 0 Å². The summed E-state index contributed by atoms with van der Waals surface area (Å²) < 4.78 is 0. The molecule has 9 heavy (non-hydrogen) atoms. The van der Waals surface area contributed by atoms with Crippen LogP contribution in [0.25, 0.3) is 0 Å². The van der Waals surface area contributed by atoms with Crippen molar-refractivity contribution in [3.8, 4) is 0 Å². The van der Waals surface area contributed by atoms with Crippen LogP contribution in [0, 0.1) is 0 Å². The topological polar surface area (TPSA) is 37.3 Å². The summed E-state index contributed by atoms with van der Waals surface area (Å²) in [6.07, 6.45) is 0. The summed E-state index contributed by atoms with van der Waals surface area (Å²) in [6, 6.07) is 0. The SMILES string of the molecule is CC(=O)O.F.F.F.[B].[H-].[Li+]. The first-order chi connectivity index (χ1) is 1.73. The van der Waals surface area contributed by atoms with Gasteiger partial charge in [-0.1, -0.05) is 0 Å². The van der Waals surface area contributed by atoms with E-state index in [4.69, 9.17) is 9.90 Å². The van der Waals surface area contributed by atoms with Gasteiger partial charge in [0.1, 0.15) is 0 Å². The van der Waals surface area contributed by atoms with Crippen molar-refractivity contribution in [1.82, 2.24) is 0 Å². The van der Waals surface area contributed by atoms with Crippen molar-refractivity contribution in [1.29, 1.82) is 0 Å². The molecule has 1 N–H and O–H groups in total. The Bertz CT molecular complexity index is 47.5. The molecule has 0 aromatic heterocycles. The summed E-state index contributed by atoms with van der Waals surface area (Å²) in [4.78, 5) is 9.00. The molecule has 0 rings (SSSR count). The molecule has 3 radical (unpaired) electrons. The second-order valence-electron chi connectivity index (χ2n) is 0.519. The summed E-state index contributed by atoms with van der Waals surface area (Å²) in [5, 5.41) is 7.42. The van der Waals surface area contributed by atoms with Crippen LogP contribution in [0.5, 0.6) is 0 Å². The Morgan fingerprint density at radius 2 is 1.33 bits per heavy atom. The van der Waals surface area contributed by atoms with E-state index in [0.29, 0.717) is 0 Å². The predicted octanol–water partition coefficient (Wildman–Crippen LogP) is -2.72. The molecule has 0 saturated carbocycles. The molecule has 0 aromatic carbocycles. The Balaban J connectivity index is -0.00000000300. The van der Waals surface area contributed by atoms with Crippen LogP contribution in [0.1, 0.15) is 8.35 Å². The van der Waals surface area contributed by atoms with Crippen LogP contribution >= 0.6 is 0 Å². The first-order valence-electron chi connectivity index (χ1n) is 0.928. The van der Waals surface area contributed by atoms with Crippen molar-refractivity contribution in [2.45, 2.75) is 6.92 Å². The van der Waals surface area contributed by atoms with E-state index in [-0.39, 0.29) is 42.8 Å². The number of hydrogen-bond acceptors (Lipinski definition) is 1. The third-order valence-electron chi connectivity index (χ3n) is 0. The van der Waals surface area contributed by atoms with Crippen LogP contribution < -0.4 is 18.9 Å². The van der Waals surface area contributed by atoms with Gasteiger partial charge in [0.2, 0.25) is 0 Å². The first kappa shape index (κ1) is 65.6. The van der Waals surface area contributed by atoms with Crippen LogP contribution in [-0.2, 0) is 4.79 Å². The number of carboxylic acid groups (broad SMARTS) is 1. The van der Waals surface area contributed by atoms with Gasteiger partial charge in [0, 0.05) is 15.3 Å². The molecular weight excluding hydrogens is 131 g/mol. The first-order valence-corrected chi connectivity index (χ1v) is 0.928. The van der Waals surface area contributed by atoms with Crippen LogP contribution in [0.15, 0.2) is 0 Å². The van der Waals surface area contributed by atoms with Crippen molar-refractivity contribution in [2.75, 3.05) is 0 Å². The van der Waals surface area contributed by atoms with Gasteiger partial charge in [-0.05, 0) is 0 Å². The molecule has 0 aromatic rings.